The molecule has 1 fully saturated rings. The molecule has 0 aliphatic carbocycles. The quantitative estimate of drug-likeness (QED) is 0.763. The average Bonchev–Trinajstić information content (AvgIpc) is 3.33. The highest BCUT2D eigenvalue weighted by molar-refractivity contribution is 5.94. The van der Waals surface area contributed by atoms with Gasteiger partial charge >= 0.3 is 0 Å². The maximum atomic E-state index is 12.6. The number of ether oxygens (including phenoxy) is 3. The molecule has 1 saturated heterocycles. The molecular weight excluding hydrogens is 348 g/mol. The van der Waals surface area contributed by atoms with Crippen LogP contribution < -0.4 is 14.2 Å². The second kappa shape index (κ2) is 6.31. The van der Waals surface area contributed by atoms with Gasteiger partial charge in [0.25, 0.3) is 5.91 Å². The van der Waals surface area contributed by atoms with Crippen molar-refractivity contribution >= 4 is 5.91 Å². The van der Waals surface area contributed by atoms with Crippen LogP contribution in [0, 0.1) is 0 Å². The van der Waals surface area contributed by atoms with Gasteiger partial charge in [0.15, 0.2) is 11.5 Å². The lowest BCUT2D eigenvalue weighted by molar-refractivity contribution is 0.0156. The number of carbonyl (C=O) groups is 1. The number of benzene rings is 1. The van der Waals surface area contributed by atoms with Crippen molar-refractivity contribution in [3.8, 4) is 28.6 Å². The van der Waals surface area contributed by atoms with Crippen LogP contribution in [0.15, 0.2) is 48.7 Å². The molecule has 27 heavy (non-hydrogen) atoms. The minimum atomic E-state index is -0.102. The maximum Gasteiger partial charge on any atom is 0.272 e. The summed E-state index contributed by atoms with van der Waals surface area (Å²) in [6.45, 7) is 1.27. The van der Waals surface area contributed by atoms with Gasteiger partial charge in [-0.15, -0.1) is 0 Å². The van der Waals surface area contributed by atoms with Crippen LogP contribution in [0.5, 0.6) is 17.4 Å². The molecule has 0 bridgehead atoms. The molecule has 2 aliphatic rings. The first kappa shape index (κ1) is 15.7. The van der Waals surface area contributed by atoms with E-state index in [1.807, 2.05) is 30.3 Å². The number of nitrogens with zero attached hydrogens (tertiary/aromatic N) is 3. The molecule has 0 radical (unpaired) electrons. The van der Waals surface area contributed by atoms with E-state index in [4.69, 9.17) is 14.2 Å². The summed E-state index contributed by atoms with van der Waals surface area (Å²) in [7, 11) is 0. The van der Waals surface area contributed by atoms with Gasteiger partial charge < -0.3 is 19.1 Å². The van der Waals surface area contributed by atoms with E-state index in [0.29, 0.717) is 41.9 Å². The summed E-state index contributed by atoms with van der Waals surface area (Å²) in [5, 5.41) is 7.07. The molecular formula is C19H16N4O4. The monoisotopic (exact) mass is 364 g/mol. The van der Waals surface area contributed by atoms with E-state index in [1.165, 1.54) is 0 Å². The molecule has 2 aromatic heterocycles. The number of likely N-dealkylation sites (tertiary alicyclic amines) is 1. The topological polar surface area (TPSA) is 89.6 Å². The van der Waals surface area contributed by atoms with Crippen LogP contribution in [-0.4, -0.2) is 52.0 Å². The summed E-state index contributed by atoms with van der Waals surface area (Å²) in [6.07, 6.45) is 1.64. The Hall–Kier alpha value is -3.55. The molecule has 0 spiro atoms. The summed E-state index contributed by atoms with van der Waals surface area (Å²) in [4.78, 5) is 18.4. The highest BCUT2D eigenvalue weighted by Gasteiger charge is 2.34. The summed E-state index contributed by atoms with van der Waals surface area (Å²) in [5.74, 6) is 1.86. The average molecular weight is 364 g/mol. The number of carbonyl (C=O) groups excluding carboxylic acids is 1. The zero-order valence-corrected chi connectivity index (χ0v) is 14.3. The first-order valence-corrected chi connectivity index (χ1v) is 8.59. The third-order valence-corrected chi connectivity index (χ3v) is 4.54. The van der Waals surface area contributed by atoms with Crippen molar-refractivity contribution in [2.75, 3.05) is 19.9 Å². The van der Waals surface area contributed by atoms with Crippen LogP contribution in [0.25, 0.3) is 11.3 Å². The molecule has 8 nitrogen and oxygen atoms in total. The van der Waals surface area contributed by atoms with Crippen LogP contribution in [0.1, 0.15) is 10.5 Å². The van der Waals surface area contributed by atoms with Crippen molar-refractivity contribution in [2.24, 2.45) is 0 Å². The number of pyridine rings is 1. The van der Waals surface area contributed by atoms with Crippen molar-refractivity contribution in [3.05, 3.63) is 54.4 Å². The van der Waals surface area contributed by atoms with E-state index in [-0.39, 0.29) is 18.8 Å². The third kappa shape index (κ3) is 2.95. The molecule has 4 heterocycles. The number of hydrogen-bond donors (Lipinski definition) is 1. The van der Waals surface area contributed by atoms with E-state index < -0.39 is 0 Å². The Kier molecular flexibility index (Phi) is 3.67. The maximum absolute atomic E-state index is 12.6. The number of H-pyrrole nitrogens is 1. The highest BCUT2D eigenvalue weighted by atomic mass is 16.7. The van der Waals surface area contributed by atoms with Gasteiger partial charge in [0, 0.05) is 17.8 Å². The SMILES string of the molecule is O=C(c1cc(-c2ccc3c(c2)OCO3)n[nH]1)N1CC(Oc2ccccn2)C1. The number of nitrogens with one attached hydrogen (secondary N) is 1. The molecule has 1 aromatic carbocycles. The molecule has 3 aromatic rings. The molecule has 0 unspecified atom stereocenters. The normalized spacial score (nSPS) is 15.5. The predicted octanol–water partition coefficient (Wildman–Crippen LogP) is 2.10. The number of hydrogen-bond acceptors (Lipinski definition) is 6. The zero-order chi connectivity index (χ0) is 18.2. The molecule has 1 N–H and O–H groups in total. The second-order valence-corrected chi connectivity index (χ2v) is 6.35. The Labute approximate surface area is 154 Å². The summed E-state index contributed by atoms with van der Waals surface area (Å²) < 4.78 is 16.4. The summed E-state index contributed by atoms with van der Waals surface area (Å²) in [5.41, 5.74) is 1.98. The third-order valence-electron chi connectivity index (χ3n) is 4.54. The fourth-order valence-corrected chi connectivity index (χ4v) is 3.07. The van der Waals surface area contributed by atoms with Crippen LogP contribution in [0.3, 0.4) is 0 Å². The first-order chi connectivity index (χ1) is 13.3. The molecule has 0 atom stereocenters. The fraction of sp³-hybridized carbons (Fsp3) is 0.211. The van der Waals surface area contributed by atoms with Crippen LogP contribution in [-0.2, 0) is 0 Å². The van der Waals surface area contributed by atoms with Gasteiger partial charge in [-0.2, -0.15) is 5.10 Å². The van der Waals surface area contributed by atoms with Crippen LogP contribution in [0.4, 0.5) is 0 Å². The molecule has 136 valence electrons. The van der Waals surface area contributed by atoms with Gasteiger partial charge in [-0.3, -0.25) is 9.89 Å². The van der Waals surface area contributed by atoms with Crippen molar-refractivity contribution in [1.29, 1.82) is 0 Å². The smallest absolute Gasteiger partial charge is 0.272 e. The largest absolute Gasteiger partial charge is 0.471 e. The van der Waals surface area contributed by atoms with Gasteiger partial charge in [0.2, 0.25) is 12.7 Å². The van der Waals surface area contributed by atoms with Gasteiger partial charge in [0.05, 0.1) is 18.8 Å². The Morgan fingerprint density at radius 2 is 2.04 bits per heavy atom. The highest BCUT2D eigenvalue weighted by Crippen LogP contribution is 2.35. The Morgan fingerprint density at radius 3 is 2.89 bits per heavy atom. The van der Waals surface area contributed by atoms with Crippen LogP contribution in [0.2, 0.25) is 0 Å². The summed E-state index contributed by atoms with van der Waals surface area (Å²) in [6, 6.07) is 12.8. The Bertz CT molecular complexity index is 982. The van der Waals surface area contributed by atoms with Gasteiger partial charge in [0.1, 0.15) is 11.8 Å². The number of aromatic nitrogens is 3. The summed E-state index contributed by atoms with van der Waals surface area (Å²) >= 11 is 0. The standard InChI is InChI=1S/C19H16N4O4/c24-19(23-9-13(10-23)27-18-3-1-2-6-20-18)15-8-14(21-22-15)12-4-5-16-17(7-12)26-11-25-16/h1-8,13H,9-11H2,(H,21,22). The van der Waals surface area contributed by atoms with E-state index in [1.54, 1.807) is 23.2 Å². The molecule has 0 saturated carbocycles. The van der Waals surface area contributed by atoms with Gasteiger partial charge in [-0.05, 0) is 30.3 Å². The van der Waals surface area contributed by atoms with Gasteiger partial charge in [-0.1, -0.05) is 6.07 Å². The number of amides is 1. The number of fused-ring (bicyclic) bond motifs is 1. The van der Waals surface area contributed by atoms with E-state index in [0.717, 1.165) is 5.56 Å². The minimum absolute atomic E-state index is 0.0416. The second-order valence-electron chi connectivity index (χ2n) is 6.35. The lowest BCUT2D eigenvalue weighted by Gasteiger charge is -2.38. The number of aromatic amines is 1. The van der Waals surface area contributed by atoms with Crippen molar-refractivity contribution in [3.63, 3.8) is 0 Å². The Morgan fingerprint density at radius 1 is 1.15 bits per heavy atom. The Balaban J connectivity index is 1.23. The van der Waals surface area contributed by atoms with E-state index >= 15 is 0 Å². The molecule has 8 heteroatoms. The first-order valence-electron chi connectivity index (χ1n) is 8.59. The molecule has 2 aliphatic heterocycles. The van der Waals surface area contributed by atoms with Crippen molar-refractivity contribution < 1.29 is 19.0 Å². The lowest BCUT2D eigenvalue weighted by Crippen LogP contribution is -2.56. The van der Waals surface area contributed by atoms with Gasteiger partial charge in [-0.25, -0.2) is 4.98 Å². The van der Waals surface area contributed by atoms with E-state index in [9.17, 15) is 4.79 Å². The lowest BCUT2D eigenvalue weighted by atomic mass is 10.1. The van der Waals surface area contributed by atoms with E-state index in [2.05, 4.69) is 15.2 Å². The van der Waals surface area contributed by atoms with Crippen LogP contribution >= 0.6 is 0 Å². The fourth-order valence-electron chi connectivity index (χ4n) is 3.07. The van der Waals surface area contributed by atoms with Crippen molar-refractivity contribution in [2.45, 2.75) is 6.10 Å². The molecule has 1 amide bonds. The zero-order valence-electron chi connectivity index (χ0n) is 14.3. The van der Waals surface area contributed by atoms with Crippen molar-refractivity contribution in [1.82, 2.24) is 20.1 Å². The number of rotatable bonds is 4. The minimum Gasteiger partial charge on any atom is -0.471 e. The molecule has 5 rings (SSSR count). The predicted molar refractivity (Wildman–Crippen MR) is 94.7 cm³/mol.